The van der Waals surface area contributed by atoms with Gasteiger partial charge in [-0.25, -0.2) is 4.98 Å². The molecule has 5 aromatic rings. The molecule has 0 spiro atoms. The van der Waals surface area contributed by atoms with Gasteiger partial charge in [0, 0.05) is 34.7 Å². The van der Waals surface area contributed by atoms with Gasteiger partial charge < -0.3 is 9.88 Å². The fraction of sp³-hybridized carbons (Fsp3) is 0.194. The van der Waals surface area contributed by atoms with Gasteiger partial charge in [-0.15, -0.1) is 5.10 Å². The van der Waals surface area contributed by atoms with Gasteiger partial charge in [0.25, 0.3) is 0 Å². The number of carbonyl (C=O) groups is 1. The number of tetrazole rings is 1. The molecule has 2 atom stereocenters. The molecule has 0 bridgehead atoms. The van der Waals surface area contributed by atoms with Crippen LogP contribution in [0.4, 0.5) is 13.2 Å². The molecule has 44 heavy (non-hydrogen) atoms. The number of alkyl halides is 3. The first-order valence-corrected chi connectivity index (χ1v) is 13.9. The summed E-state index contributed by atoms with van der Waals surface area (Å²) >= 11 is 6.25. The Hall–Kier alpha value is -4.42. The molecule has 226 valence electrons. The normalized spacial score (nSPS) is 17.0. The van der Waals surface area contributed by atoms with Gasteiger partial charge >= 0.3 is 6.18 Å². The lowest BCUT2D eigenvalue weighted by Crippen LogP contribution is -2.41. The van der Waals surface area contributed by atoms with Crippen molar-refractivity contribution in [1.29, 1.82) is 0 Å². The van der Waals surface area contributed by atoms with E-state index in [9.17, 15) is 18.0 Å². The van der Waals surface area contributed by atoms with Gasteiger partial charge in [-0.05, 0) is 65.2 Å². The Morgan fingerprint density at radius 3 is 2.61 bits per heavy atom. The van der Waals surface area contributed by atoms with Crippen LogP contribution in [0.15, 0.2) is 91.4 Å². The van der Waals surface area contributed by atoms with E-state index in [-0.39, 0.29) is 25.3 Å². The summed E-state index contributed by atoms with van der Waals surface area (Å²) in [5.74, 6) is 0.168. The monoisotopic (exact) mass is 637 g/mol. The molecule has 0 saturated carbocycles. The van der Waals surface area contributed by atoms with E-state index in [4.69, 9.17) is 11.6 Å². The molecular formula is C31H27ClF3N7OS. The minimum Gasteiger partial charge on any atom is -0.340 e. The van der Waals surface area contributed by atoms with Crippen LogP contribution in [0.1, 0.15) is 47.3 Å². The van der Waals surface area contributed by atoms with Gasteiger partial charge in [0.1, 0.15) is 12.2 Å². The van der Waals surface area contributed by atoms with Crippen molar-refractivity contribution in [2.75, 3.05) is 6.54 Å². The van der Waals surface area contributed by atoms with Gasteiger partial charge in [-0.1, -0.05) is 54.1 Å². The highest BCUT2D eigenvalue weighted by Crippen LogP contribution is 2.42. The summed E-state index contributed by atoms with van der Waals surface area (Å²) in [5, 5.41) is 11.8. The van der Waals surface area contributed by atoms with E-state index in [2.05, 4.69) is 25.5 Å². The second-order valence-corrected chi connectivity index (χ2v) is 10.6. The largest absolute Gasteiger partial charge is 0.416 e. The van der Waals surface area contributed by atoms with Crippen LogP contribution in [0.25, 0.3) is 23.0 Å². The second-order valence-electron chi connectivity index (χ2n) is 10.2. The fourth-order valence-electron chi connectivity index (χ4n) is 5.52. The third kappa shape index (κ3) is 6.56. The zero-order valence-electron chi connectivity index (χ0n) is 23.1. The highest BCUT2D eigenvalue weighted by Gasteiger charge is 2.38. The average Bonchev–Trinajstić information content (AvgIpc) is 3.73. The van der Waals surface area contributed by atoms with Crippen LogP contribution in [0, 0.1) is 0 Å². The molecule has 13 heteroatoms. The Morgan fingerprint density at radius 2 is 1.86 bits per heavy atom. The topological polar surface area (TPSA) is 92.6 Å². The van der Waals surface area contributed by atoms with Crippen LogP contribution in [0.5, 0.6) is 0 Å². The third-order valence-electron chi connectivity index (χ3n) is 7.51. The number of hydrogen-bond acceptors (Lipinski definition) is 5. The number of aromatic nitrogens is 6. The van der Waals surface area contributed by atoms with E-state index >= 15 is 0 Å². The Morgan fingerprint density at radius 1 is 1.05 bits per heavy atom. The summed E-state index contributed by atoms with van der Waals surface area (Å²) < 4.78 is 41.6. The van der Waals surface area contributed by atoms with Crippen molar-refractivity contribution in [2.24, 2.45) is 0 Å². The van der Waals surface area contributed by atoms with Gasteiger partial charge in [0.2, 0.25) is 5.91 Å². The van der Waals surface area contributed by atoms with Gasteiger partial charge in [-0.2, -0.15) is 31.3 Å². The van der Waals surface area contributed by atoms with E-state index in [1.807, 2.05) is 30.3 Å². The van der Waals surface area contributed by atoms with Gasteiger partial charge in [0.05, 0.1) is 29.2 Å². The zero-order chi connectivity index (χ0) is 30.0. The number of H-pyrrole nitrogens is 1. The molecule has 2 aromatic heterocycles. The molecule has 3 aromatic carbocycles. The van der Waals surface area contributed by atoms with Crippen molar-refractivity contribution in [3.63, 3.8) is 0 Å². The Bertz CT molecular complexity index is 1760. The second kappa shape index (κ2) is 13.1. The third-order valence-corrected chi connectivity index (χ3v) is 7.74. The lowest BCUT2D eigenvalue weighted by atomic mass is 9.83. The Balaban J connectivity index is 0.00000384. The molecule has 1 fully saturated rings. The van der Waals surface area contributed by atoms with E-state index in [0.29, 0.717) is 39.9 Å². The van der Waals surface area contributed by atoms with E-state index < -0.39 is 17.8 Å². The molecule has 0 radical (unpaired) electrons. The average molecular weight is 638 g/mol. The number of carbonyl (C=O) groups excluding carboxylic acids is 1. The molecule has 1 aliphatic heterocycles. The first kappa shape index (κ1) is 31.0. The smallest absolute Gasteiger partial charge is 0.340 e. The van der Waals surface area contributed by atoms with Gasteiger partial charge in [0.15, 0.2) is 0 Å². The molecule has 0 aliphatic carbocycles. The van der Waals surface area contributed by atoms with Crippen molar-refractivity contribution in [2.45, 2.75) is 31.0 Å². The van der Waals surface area contributed by atoms with Crippen molar-refractivity contribution in [3.8, 4) is 16.9 Å². The van der Waals surface area contributed by atoms with E-state index in [0.717, 1.165) is 30.5 Å². The van der Waals surface area contributed by atoms with E-state index in [1.54, 1.807) is 35.2 Å². The minimum atomic E-state index is -4.47. The number of amides is 1. The predicted octanol–water partition coefficient (Wildman–Crippen LogP) is 7.00. The highest BCUT2D eigenvalue weighted by atomic mass is 35.5. The van der Waals surface area contributed by atoms with Crippen molar-refractivity contribution < 1.29 is 18.0 Å². The first-order valence-electron chi connectivity index (χ1n) is 13.6. The lowest BCUT2D eigenvalue weighted by Gasteiger charge is -2.40. The standard InChI is InChI=1S/C31H25ClF3N7O.H2S/c32-24-12-13-27(42-19-37-39-40-42)22(17-24)11-14-28(43)41-15-5-10-25(20-6-2-1-3-7-20)29(41)30-36-18-26(38-30)21-8-4-9-23(16-21)31(33,34)35;/h1-4,6-9,11-14,16-19,25,29H,5,10,15H2,(H,36,38);1H2/b14-11+;. The number of halogens is 4. The number of hydrogen-bond donors (Lipinski definition) is 1. The van der Waals surface area contributed by atoms with Crippen LogP contribution >= 0.6 is 25.1 Å². The molecule has 3 heterocycles. The van der Waals surface area contributed by atoms with Crippen LogP contribution in [0.2, 0.25) is 5.02 Å². The molecule has 6 rings (SSSR count). The number of rotatable bonds is 6. The molecule has 1 aliphatic rings. The summed E-state index contributed by atoms with van der Waals surface area (Å²) in [6.45, 7) is 0.478. The van der Waals surface area contributed by atoms with Crippen molar-refractivity contribution in [1.82, 2.24) is 35.1 Å². The minimum absolute atomic E-state index is 0. The Labute approximate surface area is 263 Å². The number of likely N-dealkylation sites (tertiary alicyclic amines) is 1. The summed E-state index contributed by atoms with van der Waals surface area (Å²) in [6.07, 6.45) is 3.23. The summed E-state index contributed by atoms with van der Waals surface area (Å²) in [7, 11) is 0. The number of aromatic amines is 1. The SMILES string of the molecule is O=C(/C=C/c1cc(Cl)ccc1-n1cnnn1)N1CCCC(c2ccccc2)C1c1ncc(-c2cccc(C(F)(F)F)c2)[nH]1.S. The number of imidazole rings is 1. The fourth-order valence-corrected chi connectivity index (χ4v) is 5.70. The van der Waals surface area contributed by atoms with Crippen LogP contribution in [0.3, 0.4) is 0 Å². The zero-order valence-corrected chi connectivity index (χ0v) is 24.9. The van der Waals surface area contributed by atoms with Crippen LogP contribution in [-0.2, 0) is 11.0 Å². The summed E-state index contributed by atoms with van der Waals surface area (Å²) in [6, 6.07) is 19.7. The number of nitrogens with one attached hydrogen (secondary N) is 1. The molecule has 1 amide bonds. The molecular weight excluding hydrogens is 611 g/mol. The first-order chi connectivity index (χ1) is 20.8. The maximum absolute atomic E-state index is 13.8. The Kier molecular flexibility index (Phi) is 9.21. The van der Waals surface area contributed by atoms with Gasteiger partial charge in [-0.3, -0.25) is 4.79 Å². The maximum Gasteiger partial charge on any atom is 0.416 e. The molecule has 1 N–H and O–H groups in total. The highest BCUT2D eigenvalue weighted by molar-refractivity contribution is 7.59. The van der Waals surface area contributed by atoms with Crippen LogP contribution in [-0.4, -0.2) is 47.5 Å². The molecule has 2 unspecified atom stereocenters. The number of benzene rings is 3. The molecule has 8 nitrogen and oxygen atoms in total. The summed E-state index contributed by atoms with van der Waals surface area (Å²) in [4.78, 5) is 23.4. The van der Waals surface area contributed by atoms with Crippen molar-refractivity contribution in [3.05, 3.63) is 119 Å². The number of piperidine rings is 1. The van der Waals surface area contributed by atoms with E-state index in [1.165, 1.54) is 29.3 Å². The summed E-state index contributed by atoms with van der Waals surface area (Å²) in [5.41, 5.74) is 2.38. The lowest BCUT2D eigenvalue weighted by molar-refractivity contribution is -0.137. The van der Waals surface area contributed by atoms with Crippen molar-refractivity contribution >= 4 is 37.1 Å². The molecule has 1 saturated heterocycles. The quantitative estimate of drug-likeness (QED) is 0.203. The van der Waals surface area contributed by atoms with Crippen LogP contribution < -0.4 is 0 Å². The maximum atomic E-state index is 13.8. The predicted molar refractivity (Wildman–Crippen MR) is 165 cm³/mol. The number of nitrogens with zero attached hydrogens (tertiary/aromatic N) is 6.